The number of ether oxygens (including phenoxy) is 1. The third-order valence-electron chi connectivity index (χ3n) is 2.21. The molecule has 0 fully saturated rings. The molecule has 0 aromatic rings. The van der Waals surface area contributed by atoms with Crippen molar-refractivity contribution in [3.8, 4) is 0 Å². The molecule has 64 valence electrons. The first-order valence-electron chi connectivity index (χ1n) is 4.05. The number of nitrogens with zero attached hydrogens (tertiary/aromatic N) is 2. The molecule has 0 spiro atoms. The summed E-state index contributed by atoms with van der Waals surface area (Å²) in [4.78, 5) is 0. The van der Waals surface area contributed by atoms with Crippen molar-refractivity contribution in [2.45, 2.75) is 19.9 Å². The molecular formula is C8H16N2O. The third kappa shape index (κ3) is 1.93. The maximum Gasteiger partial charge on any atom is 0.0654 e. The highest BCUT2D eigenvalue weighted by Gasteiger charge is 2.21. The average molecular weight is 156 g/mol. The van der Waals surface area contributed by atoms with Crippen molar-refractivity contribution >= 4 is 6.21 Å². The Morgan fingerprint density at radius 2 is 2.27 bits per heavy atom. The zero-order valence-corrected chi connectivity index (χ0v) is 7.45. The van der Waals surface area contributed by atoms with Gasteiger partial charge in [0, 0.05) is 19.2 Å². The predicted octanol–water partition coefficient (Wildman–Crippen LogP) is 0.959. The number of methoxy groups -OCH3 is 1. The largest absolute Gasteiger partial charge is 0.383 e. The molecule has 0 saturated heterocycles. The number of rotatable bonds is 3. The van der Waals surface area contributed by atoms with Crippen molar-refractivity contribution in [3.05, 3.63) is 0 Å². The molecular weight excluding hydrogens is 140 g/mol. The Morgan fingerprint density at radius 1 is 1.55 bits per heavy atom. The van der Waals surface area contributed by atoms with E-state index in [0.717, 1.165) is 13.2 Å². The third-order valence-corrected chi connectivity index (χ3v) is 2.21. The second-order valence-corrected chi connectivity index (χ2v) is 3.02. The van der Waals surface area contributed by atoms with E-state index in [9.17, 15) is 0 Å². The Kier molecular flexibility index (Phi) is 2.88. The van der Waals surface area contributed by atoms with Crippen molar-refractivity contribution in [3.63, 3.8) is 0 Å². The van der Waals surface area contributed by atoms with Gasteiger partial charge in [-0.1, -0.05) is 6.92 Å². The molecule has 1 heterocycles. The molecule has 0 aliphatic carbocycles. The van der Waals surface area contributed by atoms with Gasteiger partial charge in [0.1, 0.15) is 0 Å². The van der Waals surface area contributed by atoms with Crippen LogP contribution < -0.4 is 0 Å². The van der Waals surface area contributed by atoms with Gasteiger partial charge in [-0.05, 0) is 6.92 Å². The van der Waals surface area contributed by atoms with Gasteiger partial charge in [-0.25, -0.2) is 0 Å². The highest BCUT2D eigenvalue weighted by atomic mass is 16.5. The molecule has 1 aliphatic rings. The molecule has 2 unspecified atom stereocenters. The van der Waals surface area contributed by atoms with E-state index in [1.807, 2.05) is 6.21 Å². The summed E-state index contributed by atoms with van der Waals surface area (Å²) >= 11 is 0. The molecule has 0 amide bonds. The van der Waals surface area contributed by atoms with E-state index in [1.54, 1.807) is 7.11 Å². The zero-order chi connectivity index (χ0) is 8.27. The van der Waals surface area contributed by atoms with Crippen LogP contribution in [-0.4, -0.2) is 37.5 Å². The monoisotopic (exact) mass is 156 g/mol. The van der Waals surface area contributed by atoms with E-state index in [4.69, 9.17) is 4.74 Å². The second-order valence-electron chi connectivity index (χ2n) is 3.02. The van der Waals surface area contributed by atoms with Crippen LogP contribution in [-0.2, 0) is 4.74 Å². The average Bonchev–Trinajstić information content (AvgIpc) is 2.31. The Hall–Kier alpha value is -0.570. The summed E-state index contributed by atoms with van der Waals surface area (Å²) in [5, 5.41) is 6.34. The molecule has 0 N–H and O–H groups in total. The first-order chi connectivity index (χ1) is 5.25. The van der Waals surface area contributed by atoms with E-state index in [1.165, 1.54) is 0 Å². The van der Waals surface area contributed by atoms with Gasteiger partial charge in [-0.3, -0.25) is 5.01 Å². The lowest BCUT2D eigenvalue weighted by Gasteiger charge is -2.21. The highest BCUT2D eigenvalue weighted by Crippen LogP contribution is 2.15. The van der Waals surface area contributed by atoms with Crippen molar-refractivity contribution in [1.82, 2.24) is 5.01 Å². The van der Waals surface area contributed by atoms with Gasteiger partial charge >= 0.3 is 0 Å². The van der Waals surface area contributed by atoms with Crippen LogP contribution >= 0.6 is 0 Å². The molecule has 11 heavy (non-hydrogen) atoms. The molecule has 0 bridgehead atoms. The van der Waals surface area contributed by atoms with Crippen LogP contribution in [0.5, 0.6) is 0 Å². The standard InChI is InChI=1S/C8H16N2O/c1-7-6-9-10(8(7)2)4-5-11-3/h6-8H,4-5H2,1-3H3. The van der Waals surface area contributed by atoms with Crippen LogP contribution in [0.25, 0.3) is 0 Å². The molecule has 1 rings (SSSR count). The summed E-state index contributed by atoms with van der Waals surface area (Å²) < 4.78 is 4.97. The van der Waals surface area contributed by atoms with E-state index in [0.29, 0.717) is 12.0 Å². The van der Waals surface area contributed by atoms with Gasteiger partial charge in [0.05, 0.1) is 19.2 Å². The van der Waals surface area contributed by atoms with E-state index in [2.05, 4.69) is 24.0 Å². The van der Waals surface area contributed by atoms with Crippen LogP contribution in [0, 0.1) is 5.92 Å². The molecule has 3 heteroatoms. The lowest BCUT2D eigenvalue weighted by Crippen LogP contribution is -2.30. The summed E-state index contributed by atoms with van der Waals surface area (Å²) in [6.07, 6.45) is 2.00. The molecule has 0 radical (unpaired) electrons. The van der Waals surface area contributed by atoms with Crippen LogP contribution in [0.4, 0.5) is 0 Å². The van der Waals surface area contributed by atoms with Crippen LogP contribution in [0.2, 0.25) is 0 Å². The molecule has 1 aliphatic heterocycles. The van der Waals surface area contributed by atoms with Crippen molar-refractivity contribution in [2.24, 2.45) is 11.0 Å². The van der Waals surface area contributed by atoms with Crippen LogP contribution in [0.15, 0.2) is 5.10 Å². The van der Waals surface area contributed by atoms with Gasteiger partial charge in [-0.15, -0.1) is 0 Å². The Morgan fingerprint density at radius 3 is 2.73 bits per heavy atom. The van der Waals surface area contributed by atoms with E-state index in [-0.39, 0.29) is 0 Å². The molecule has 0 aromatic heterocycles. The topological polar surface area (TPSA) is 24.8 Å². The van der Waals surface area contributed by atoms with Gasteiger partial charge in [-0.2, -0.15) is 5.10 Å². The number of hydrogen-bond acceptors (Lipinski definition) is 3. The Labute approximate surface area is 68.0 Å². The summed E-state index contributed by atoms with van der Waals surface area (Å²) in [5.41, 5.74) is 0. The lowest BCUT2D eigenvalue weighted by molar-refractivity contribution is 0.130. The van der Waals surface area contributed by atoms with Gasteiger partial charge in [0.2, 0.25) is 0 Å². The maximum atomic E-state index is 4.97. The minimum atomic E-state index is 0.533. The van der Waals surface area contributed by atoms with Crippen LogP contribution in [0.1, 0.15) is 13.8 Å². The number of hydrazone groups is 1. The minimum absolute atomic E-state index is 0.533. The summed E-state index contributed by atoms with van der Waals surface area (Å²) in [7, 11) is 1.72. The van der Waals surface area contributed by atoms with Gasteiger partial charge < -0.3 is 4.74 Å². The van der Waals surface area contributed by atoms with Gasteiger partial charge in [0.15, 0.2) is 0 Å². The summed E-state index contributed by atoms with van der Waals surface area (Å²) in [5.74, 6) is 0.576. The fourth-order valence-electron chi connectivity index (χ4n) is 1.14. The van der Waals surface area contributed by atoms with Crippen molar-refractivity contribution in [1.29, 1.82) is 0 Å². The molecule has 3 nitrogen and oxygen atoms in total. The first-order valence-corrected chi connectivity index (χ1v) is 4.05. The summed E-state index contributed by atoms with van der Waals surface area (Å²) in [6.45, 7) is 6.03. The fraction of sp³-hybridized carbons (Fsp3) is 0.875. The Bertz CT molecular complexity index is 147. The van der Waals surface area contributed by atoms with Crippen LogP contribution in [0.3, 0.4) is 0 Å². The number of hydrogen-bond donors (Lipinski definition) is 0. The normalized spacial score (nSPS) is 29.9. The fourth-order valence-corrected chi connectivity index (χ4v) is 1.14. The van der Waals surface area contributed by atoms with Crippen molar-refractivity contribution < 1.29 is 4.74 Å². The lowest BCUT2D eigenvalue weighted by atomic mass is 10.1. The van der Waals surface area contributed by atoms with Crippen molar-refractivity contribution in [2.75, 3.05) is 20.3 Å². The minimum Gasteiger partial charge on any atom is -0.383 e. The smallest absolute Gasteiger partial charge is 0.0654 e. The predicted molar refractivity (Wildman–Crippen MR) is 45.7 cm³/mol. The highest BCUT2D eigenvalue weighted by molar-refractivity contribution is 5.62. The van der Waals surface area contributed by atoms with Gasteiger partial charge in [0.25, 0.3) is 0 Å². The SMILES string of the molecule is COCCN1N=CC(C)C1C. The second kappa shape index (κ2) is 3.72. The Balaban J connectivity index is 2.31. The quantitative estimate of drug-likeness (QED) is 0.608. The van der Waals surface area contributed by atoms with E-state index < -0.39 is 0 Å². The molecule has 0 aromatic carbocycles. The molecule has 2 atom stereocenters. The van der Waals surface area contributed by atoms with E-state index >= 15 is 0 Å². The first kappa shape index (κ1) is 8.53. The maximum absolute atomic E-state index is 4.97. The summed E-state index contributed by atoms with van der Waals surface area (Å²) in [6, 6.07) is 0.533. The zero-order valence-electron chi connectivity index (χ0n) is 7.45. The molecule has 0 saturated carbocycles.